The molecule has 5 heteroatoms. The largest absolute Gasteiger partial charge is 0.338 e. The molecule has 0 bridgehead atoms. The normalized spacial score (nSPS) is 26.9. The van der Waals surface area contributed by atoms with E-state index in [4.69, 9.17) is 0 Å². The maximum Gasteiger partial charge on any atom is 0.245 e. The summed E-state index contributed by atoms with van der Waals surface area (Å²) in [4.78, 5) is 6.47. The van der Waals surface area contributed by atoms with Crippen molar-refractivity contribution in [1.29, 1.82) is 0 Å². The lowest BCUT2D eigenvalue weighted by atomic mass is 9.78. The lowest BCUT2D eigenvalue weighted by Gasteiger charge is -2.41. The molecule has 2 aliphatic rings. The number of nitrogens with one attached hydrogen (secondary N) is 1. The molecule has 92 valence electrons. The molecule has 1 aromatic heterocycles. The number of aromatic nitrogens is 3. The Morgan fingerprint density at radius 3 is 2.94 bits per heavy atom. The van der Waals surface area contributed by atoms with E-state index in [1.165, 1.54) is 25.7 Å². The van der Waals surface area contributed by atoms with Gasteiger partial charge in [-0.25, -0.2) is 4.98 Å². The SMILES string of the molecule is CC1(NC2CCN(c3nccnn3)C2)CCC1. The van der Waals surface area contributed by atoms with Crippen LogP contribution in [0, 0.1) is 0 Å². The third-order valence-electron chi connectivity index (χ3n) is 3.95. The standard InChI is InChI=1S/C12H19N5/c1-12(4-2-5-12)15-10-3-8-17(9-10)11-13-6-7-14-16-11/h6-7,10,15H,2-5,8-9H2,1H3. The van der Waals surface area contributed by atoms with Gasteiger partial charge in [0, 0.05) is 24.7 Å². The summed E-state index contributed by atoms with van der Waals surface area (Å²) in [7, 11) is 0. The van der Waals surface area contributed by atoms with Crippen molar-refractivity contribution in [3.8, 4) is 0 Å². The molecule has 1 saturated carbocycles. The quantitative estimate of drug-likeness (QED) is 0.843. The van der Waals surface area contributed by atoms with Gasteiger partial charge in [-0.1, -0.05) is 0 Å². The number of anilines is 1. The highest BCUT2D eigenvalue weighted by molar-refractivity contribution is 5.29. The molecule has 1 aliphatic heterocycles. The summed E-state index contributed by atoms with van der Waals surface area (Å²) < 4.78 is 0. The molecule has 1 saturated heterocycles. The monoisotopic (exact) mass is 233 g/mol. The third kappa shape index (κ3) is 2.24. The average molecular weight is 233 g/mol. The Labute approximate surface area is 102 Å². The summed E-state index contributed by atoms with van der Waals surface area (Å²) in [6.45, 7) is 4.36. The maximum absolute atomic E-state index is 4.25. The van der Waals surface area contributed by atoms with Gasteiger partial charge in [0.05, 0.1) is 12.4 Å². The van der Waals surface area contributed by atoms with Crippen LogP contribution in [-0.4, -0.2) is 39.9 Å². The van der Waals surface area contributed by atoms with Gasteiger partial charge in [-0.05, 0) is 32.6 Å². The van der Waals surface area contributed by atoms with E-state index in [0.717, 1.165) is 19.0 Å². The lowest BCUT2D eigenvalue weighted by molar-refractivity contribution is 0.189. The molecule has 1 aromatic rings. The molecule has 0 amide bonds. The molecule has 0 aromatic carbocycles. The second kappa shape index (κ2) is 4.22. The predicted octanol–water partition coefficient (Wildman–Crippen LogP) is 0.982. The molecule has 0 spiro atoms. The Morgan fingerprint density at radius 2 is 2.29 bits per heavy atom. The van der Waals surface area contributed by atoms with E-state index < -0.39 is 0 Å². The van der Waals surface area contributed by atoms with Gasteiger partial charge in [-0.3, -0.25) is 0 Å². The summed E-state index contributed by atoms with van der Waals surface area (Å²) in [6, 6.07) is 0.573. The molecule has 2 heterocycles. The van der Waals surface area contributed by atoms with E-state index in [2.05, 4.69) is 32.3 Å². The number of nitrogens with zero attached hydrogens (tertiary/aromatic N) is 4. The third-order valence-corrected chi connectivity index (χ3v) is 3.95. The highest BCUT2D eigenvalue weighted by Gasteiger charge is 2.35. The van der Waals surface area contributed by atoms with Crippen molar-refractivity contribution in [1.82, 2.24) is 20.5 Å². The zero-order valence-electron chi connectivity index (χ0n) is 10.3. The van der Waals surface area contributed by atoms with Gasteiger partial charge in [-0.2, -0.15) is 5.10 Å². The van der Waals surface area contributed by atoms with Crippen LogP contribution < -0.4 is 10.2 Å². The molecule has 1 unspecified atom stereocenters. The summed E-state index contributed by atoms with van der Waals surface area (Å²) >= 11 is 0. The van der Waals surface area contributed by atoms with Gasteiger partial charge in [0.2, 0.25) is 5.95 Å². The highest BCUT2D eigenvalue weighted by atomic mass is 15.3. The molecular weight excluding hydrogens is 214 g/mol. The summed E-state index contributed by atoms with van der Waals surface area (Å²) in [5, 5.41) is 11.7. The second-order valence-corrected chi connectivity index (χ2v) is 5.43. The lowest BCUT2D eigenvalue weighted by Crippen LogP contribution is -2.53. The number of hydrogen-bond acceptors (Lipinski definition) is 5. The van der Waals surface area contributed by atoms with Crippen LogP contribution in [-0.2, 0) is 0 Å². The molecule has 1 atom stereocenters. The van der Waals surface area contributed by atoms with Crippen molar-refractivity contribution in [3.05, 3.63) is 12.4 Å². The average Bonchev–Trinajstić information content (AvgIpc) is 2.77. The van der Waals surface area contributed by atoms with Gasteiger partial charge < -0.3 is 10.2 Å². The van der Waals surface area contributed by atoms with Crippen molar-refractivity contribution >= 4 is 5.95 Å². The van der Waals surface area contributed by atoms with Crippen LogP contribution >= 0.6 is 0 Å². The molecule has 1 aliphatic carbocycles. The van der Waals surface area contributed by atoms with Crippen LogP contribution in [0.1, 0.15) is 32.6 Å². The van der Waals surface area contributed by atoms with Crippen LogP contribution in [0.3, 0.4) is 0 Å². The molecule has 17 heavy (non-hydrogen) atoms. The smallest absolute Gasteiger partial charge is 0.245 e. The van der Waals surface area contributed by atoms with Gasteiger partial charge in [0.15, 0.2) is 0 Å². The predicted molar refractivity (Wildman–Crippen MR) is 65.8 cm³/mol. The Balaban J connectivity index is 1.58. The van der Waals surface area contributed by atoms with Gasteiger partial charge in [0.1, 0.15) is 0 Å². The highest BCUT2D eigenvalue weighted by Crippen LogP contribution is 2.32. The Hall–Kier alpha value is -1.23. The van der Waals surface area contributed by atoms with E-state index in [1.807, 2.05) is 0 Å². The number of hydrogen-bond donors (Lipinski definition) is 1. The minimum Gasteiger partial charge on any atom is -0.338 e. The first-order valence-electron chi connectivity index (χ1n) is 6.42. The molecule has 0 radical (unpaired) electrons. The van der Waals surface area contributed by atoms with Crippen molar-refractivity contribution in [3.63, 3.8) is 0 Å². The van der Waals surface area contributed by atoms with Crippen molar-refractivity contribution in [2.45, 2.75) is 44.2 Å². The van der Waals surface area contributed by atoms with Gasteiger partial charge >= 0.3 is 0 Å². The molecular formula is C12H19N5. The topological polar surface area (TPSA) is 53.9 Å². The van der Waals surface area contributed by atoms with Crippen molar-refractivity contribution < 1.29 is 0 Å². The van der Waals surface area contributed by atoms with Crippen LogP contribution in [0.4, 0.5) is 5.95 Å². The first-order valence-corrected chi connectivity index (χ1v) is 6.42. The Morgan fingerprint density at radius 1 is 1.41 bits per heavy atom. The summed E-state index contributed by atoms with van der Waals surface area (Å²) in [5.41, 5.74) is 0.385. The molecule has 2 fully saturated rings. The Bertz CT molecular complexity index is 376. The first kappa shape index (κ1) is 10.9. The summed E-state index contributed by atoms with van der Waals surface area (Å²) in [6.07, 6.45) is 8.49. The van der Waals surface area contributed by atoms with E-state index in [1.54, 1.807) is 12.4 Å². The number of rotatable bonds is 3. The fourth-order valence-corrected chi connectivity index (χ4v) is 2.79. The van der Waals surface area contributed by atoms with Gasteiger partial charge in [0.25, 0.3) is 0 Å². The fourth-order valence-electron chi connectivity index (χ4n) is 2.79. The van der Waals surface area contributed by atoms with Crippen LogP contribution in [0.15, 0.2) is 12.4 Å². The fraction of sp³-hybridized carbons (Fsp3) is 0.750. The maximum atomic E-state index is 4.25. The van der Waals surface area contributed by atoms with Gasteiger partial charge in [-0.15, -0.1) is 5.10 Å². The van der Waals surface area contributed by atoms with Crippen LogP contribution in [0.5, 0.6) is 0 Å². The molecule has 3 rings (SSSR count). The molecule has 5 nitrogen and oxygen atoms in total. The Kier molecular flexibility index (Phi) is 2.70. The zero-order chi connectivity index (χ0) is 11.7. The van der Waals surface area contributed by atoms with E-state index in [9.17, 15) is 0 Å². The summed E-state index contributed by atoms with van der Waals surface area (Å²) in [5.74, 6) is 0.760. The minimum absolute atomic E-state index is 0.385. The van der Waals surface area contributed by atoms with E-state index in [-0.39, 0.29) is 0 Å². The van der Waals surface area contributed by atoms with Crippen LogP contribution in [0.2, 0.25) is 0 Å². The van der Waals surface area contributed by atoms with E-state index in [0.29, 0.717) is 11.6 Å². The zero-order valence-corrected chi connectivity index (χ0v) is 10.3. The van der Waals surface area contributed by atoms with Crippen molar-refractivity contribution in [2.24, 2.45) is 0 Å². The minimum atomic E-state index is 0.385. The molecule has 1 N–H and O–H groups in total. The van der Waals surface area contributed by atoms with E-state index >= 15 is 0 Å². The second-order valence-electron chi connectivity index (χ2n) is 5.43. The van der Waals surface area contributed by atoms with Crippen molar-refractivity contribution in [2.75, 3.05) is 18.0 Å². The first-order chi connectivity index (χ1) is 8.25. The van der Waals surface area contributed by atoms with Crippen LogP contribution in [0.25, 0.3) is 0 Å².